The van der Waals surface area contributed by atoms with E-state index in [1.165, 1.54) is 0 Å². The number of amides is 1. The van der Waals surface area contributed by atoms with Crippen molar-refractivity contribution in [1.82, 2.24) is 10.3 Å². The third kappa shape index (κ3) is 2.30. The molecule has 2 N–H and O–H groups in total. The van der Waals surface area contributed by atoms with Gasteiger partial charge in [0.2, 0.25) is 0 Å². The summed E-state index contributed by atoms with van der Waals surface area (Å²) >= 11 is 0. The molecule has 0 bridgehead atoms. The fourth-order valence-corrected chi connectivity index (χ4v) is 2.38. The molecule has 3 heteroatoms. The molecule has 0 aliphatic carbocycles. The highest BCUT2D eigenvalue weighted by Crippen LogP contribution is 2.19. The summed E-state index contributed by atoms with van der Waals surface area (Å²) in [5, 5.41) is 3.99. The molecule has 20 heavy (non-hydrogen) atoms. The summed E-state index contributed by atoms with van der Waals surface area (Å²) in [4.78, 5) is 15.5. The molecular formula is C17H16N2O. The van der Waals surface area contributed by atoms with Crippen LogP contribution in [-0.2, 0) is 0 Å². The van der Waals surface area contributed by atoms with Gasteiger partial charge in [-0.25, -0.2) is 0 Å². The fraction of sp³-hybridized carbons (Fsp3) is 0.118. The van der Waals surface area contributed by atoms with Crippen LogP contribution in [0.1, 0.15) is 28.9 Å². The van der Waals surface area contributed by atoms with Crippen LogP contribution in [0.4, 0.5) is 0 Å². The van der Waals surface area contributed by atoms with Gasteiger partial charge in [0.25, 0.3) is 5.91 Å². The molecule has 1 atom stereocenters. The molecular weight excluding hydrogens is 248 g/mol. The highest BCUT2D eigenvalue weighted by Gasteiger charge is 2.13. The van der Waals surface area contributed by atoms with Gasteiger partial charge < -0.3 is 10.3 Å². The molecule has 3 rings (SSSR count). The van der Waals surface area contributed by atoms with Crippen LogP contribution in [0.5, 0.6) is 0 Å². The third-order valence-corrected chi connectivity index (χ3v) is 3.49. The molecule has 0 fully saturated rings. The molecule has 2 aromatic carbocycles. The van der Waals surface area contributed by atoms with E-state index in [1.54, 1.807) is 0 Å². The highest BCUT2D eigenvalue weighted by molar-refractivity contribution is 6.06. The van der Waals surface area contributed by atoms with Gasteiger partial charge in [0.15, 0.2) is 0 Å². The van der Waals surface area contributed by atoms with Crippen LogP contribution in [0.2, 0.25) is 0 Å². The molecule has 3 aromatic rings. The van der Waals surface area contributed by atoms with Gasteiger partial charge in [-0.05, 0) is 30.7 Å². The Balaban J connectivity index is 1.85. The molecule has 0 saturated carbocycles. The number of carbonyl (C=O) groups is 1. The molecule has 0 saturated heterocycles. The SMILES string of the molecule is C[C@@H](NC(=O)c1cccc2[nH]ccc12)c1ccccc1. The number of fused-ring (bicyclic) bond motifs is 1. The number of rotatable bonds is 3. The zero-order valence-corrected chi connectivity index (χ0v) is 11.3. The lowest BCUT2D eigenvalue weighted by atomic mass is 10.1. The van der Waals surface area contributed by atoms with Crippen LogP contribution in [0, 0.1) is 0 Å². The van der Waals surface area contributed by atoms with Gasteiger partial charge in [-0.3, -0.25) is 4.79 Å². The van der Waals surface area contributed by atoms with Crippen molar-refractivity contribution < 1.29 is 4.79 Å². The van der Waals surface area contributed by atoms with Crippen molar-refractivity contribution in [3.8, 4) is 0 Å². The van der Waals surface area contributed by atoms with Crippen molar-refractivity contribution in [2.75, 3.05) is 0 Å². The summed E-state index contributed by atoms with van der Waals surface area (Å²) < 4.78 is 0. The minimum atomic E-state index is -0.0495. The van der Waals surface area contributed by atoms with Crippen molar-refractivity contribution in [2.45, 2.75) is 13.0 Å². The second kappa shape index (κ2) is 5.21. The van der Waals surface area contributed by atoms with Crippen LogP contribution >= 0.6 is 0 Å². The summed E-state index contributed by atoms with van der Waals surface area (Å²) in [7, 11) is 0. The maximum Gasteiger partial charge on any atom is 0.252 e. The molecule has 1 heterocycles. The van der Waals surface area contributed by atoms with Crippen molar-refractivity contribution in [3.05, 3.63) is 71.9 Å². The Kier molecular flexibility index (Phi) is 3.25. The van der Waals surface area contributed by atoms with Gasteiger partial charge in [0.1, 0.15) is 0 Å². The van der Waals surface area contributed by atoms with E-state index in [0.717, 1.165) is 16.5 Å². The Morgan fingerprint density at radius 1 is 1.05 bits per heavy atom. The molecule has 0 radical (unpaired) electrons. The predicted molar refractivity (Wildman–Crippen MR) is 80.6 cm³/mol. The number of H-pyrrole nitrogens is 1. The van der Waals surface area contributed by atoms with Gasteiger partial charge in [0.05, 0.1) is 6.04 Å². The van der Waals surface area contributed by atoms with Crippen molar-refractivity contribution in [2.24, 2.45) is 0 Å². The average molecular weight is 264 g/mol. The topological polar surface area (TPSA) is 44.9 Å². The summed E-state index contributed by atoms with van der Waals surface area (Å²) in [6.07, 6.45) is 1.85. The molecule has 3 nitrogen and oxygen atoms in total. The van der Waals surface area contributed by atoms with Crippen LogP contribution < -0.4 is 5.32 Å². The lowest BCUT2D eigenvalue weighted by Crippen LogP contribution is -2.26. The molecule has 0 aliphatic heterocycles. The fourth-order valence-electron chi connectivity index (χ4n) is 2.38. The van der Waals surface area contributed by atoms with Gasteiger partial charge in [-0.1, -0.05) is 36.4 Å². The summed E-state index contributed by atoms with van der Waals surface area (Å²) in [5.41, 5.74) is 2.78. The van der Waals surface area contributed by atoms with Crippen LogP contribution in [-0.4, -0.2) is 10.9 Å². The molecule has 100 valence electrons. The largest absolute Gasteiger partial charge is 0.361 e. The Hall–Kier alpha value is -2.55. The predicted octanol–water partition coefficient (Wildman–Crippen LogP) is 3.66. The third-order valence-electron chi connectivity index (χ3n) is 3.49. The lowest BCUT2D eigenvalue weighted by molar-refractivity contribution is 0.0941. The monoisotopic (exact) mass is 264 g/mol. The first-order valence-corrected chi connectivity index (χ1v) is 6.67. The summed E-state index contributed by atoms with van der Waals surface area (Å²) in [5.74, 6) is -0.0495. The Morgan fingerprint density at radius 3 is 2.65 bits per heavy atom. The minimum absolute atomic E-state index is 0.0158. The van der Waals surface area contributed by atoms with E-state index >= 15 is 0 Å². The number of nitrogens with one attached hydrogen (secondary N) is 2. The molecule has 0 spiro atoms. The van der Waals surface area contributed by atoms with E-state index in [9.17, 15) is 4.79 Å². The first-order valence-electron chi connectivity index (χ1n) is 6.67. The number of aromatic amines is 1. The first kappa shape index (κ1) is 12.5. The lowest BCUT2D eigenvalue weighted by Gasteiger charge is -2.14. The zero-order chi connectivity index (χ0) is 13.9. The Labute approximate surface area is 117 Å². The molecule has 1 amide bonds. The Morgan fingerprint density at radius 2 is 1.85 bits per heavy atom. The second-order valence-electron chi connectivity index (χ2n) is 4.85. The van der Waals surface area contributed by atoms with Gasteiger partial charge in [0, 0.05) is 22.7 Å². The summed E-state index contributed by atoms with van der Waals surface area (Å²) in [6, 6.07) is 17.6. The van der Waals surface area contributed by atoms with Gasteiger partial charge in [-0.2, -0.15) is 0 Å². The summed E-state index contributed by atoms with van der Waals surface area (Å²) in [6.45, 7) is 1.99. The smallest absolute Gasteiger partial charge is 0.252 e. The van der Waals surface area contributed by atoms with E-state index in [-0.39, 0.29) is 11.9 Å². The zero-order valence-electron chi connectivity index (χ0n) is 11.3. The van der Waals surface area contributed by atoms with Crippen LogP contribution in [0.3, 0.4) is 0 Å². The van der Waals surface area contributed by atoms with E-state index in [1.807, 2.05) is 67.7 Å². The first-order chi connectivity index (χ1) is 9.75. The number of hydrogen-bond acceptors (Lipinski definition) is 1. The number of hydrogen-bond donors (Lipinski definition) is 2. The standard InChI is InChI=1S/C17H16N2O/c1-12(13-6-3-2-4-7-13)19-17(20)15-8-5-9-16-14(15)10-11-18-16/h2-12,18H,1H3,(H,19,20)/t12-/m1/s1. The van der Waals surface area contributed by atoms with E-state index in [2.05, 4.69) is 10.3 Å². The maximum absolute atomic E-state index is 12.4. The van der Waals surface area contributed by atoms with E-state index < -0.39 is 0 Å². The highest BCUT2D eigenvalue weighted by atomic mass is 16.1. The van der Waals surface area contributed by atoms with Crippen LogP contribution in [0.15, 0.2) is 60.8 Å². The minimum Gasteiger partial charge on any atom is -0.361 e. The number of carbonyl (C=O) groups excluding carboxylic acids is 1. The second-order valence-corrected chi connectivity index (χ2v) is 4.85. The quantitative estimate of drug-likeness (QED) is 0.745. The molecule has 0 aliphatic rings. The molecule has 0 unspecified atom stereocenters. The van der Waals surface area contributed by atoms with Crippen molar-refractivity contribution in [3.63, 3.8) is 0 Å². The van der Waals surface area contributed by atoms with Gasteiger partial charge >= 0.3 is 0 Å². The maximum atomic E-state index is 12.4. The van der Waals surface area contributed by atoms with E-state index in [4.69, 9.17) is 0 Å². The average Bonchev–Trinajstić information content (AvgIpc) is 2.96. The van der Waals surface area contributed by atoms with Crippen molar-refractivity contribution >= 4 is 16.8 Å². The van der Waals surface area contributed by atoms with Gasteiger partial charge in [-0.15, -0.1) is 0 Å². The molecule has 1 aromatic heterocycles. The van der Waals surface area contributed by atoms with Crippen molar-refractivity contribution in [1.29, 1.82) is 0 Å². The number of benzene rings is 2. The Bertz CT molecular complexity index is 731. The number of aromatic nitrogens is 1. The van der Waals surface area contributed by atoms with Crippen LogP contribution in [0.25, 0.3) is 10.9 Å². The van der Waals surface area contributed by atoms with E-state index in [0.29, 0.717) is 5.56 Å². The normalized spacial score (nSPS) is 12.2.